The van der Waals surface area contributed by atoms with Crippen LogP contribution in [0.5, 0.6) is 5.75 Å². The molecule has 1 N–H and O–H groups in total. The van der Waals surface area contributed by atoms with Gasteiger partial charge in [0.05, 0.1) is 25.3 Å². The van der Waals surface area contributed by atoms with Crippen LogP contribution in [0.4, 0.5) is 17.1 Å². The van der Waals surface area contributed by atoms with Crippen LogP contribution in [-0.4, -0.2) is 50.1 Å². The lowest BCUT2D eigenvalue weighted by Gasteiger charge is -2.29. The van der Waals surface area contributed by atoms with E-state index in [9.17, 15) is 14.4 Å². The Morgan fingerprint density at radius 1 is 1.00 bits per heavy atom. The number of anilines is 3. The van der Waals surface area contributed by atoms with Crippen LogP contribution in [-0.2, 0) is 19.1 Å². The minimum absolute atomic E-state index is 0.0791. The molecule has 0 aliphatic carbocycles. The quantitative estimate of drug-likeness (QED) is 0.460. The van der Waals surface area contributed by atoms with E-state index < -0.39 is 12.0 Å². The molecule has 30 heavy (non-hydrogen) atoms. The average Bonchev–Trinajstić information content (AvgIpc) is 3.02. The Hall–Kier alpha value is -3.39. The molecule has 0 spiro atoms. The Bertz CT molecular complexity index is 936. The topological polar surface area (TPSA) is 88.2 Å². The first-order valence-electron chi connectivity index (χ1n) is 9.86. The van der Waals surface area contributed by atoms with Gasteiger partial charge in [0.2, 0.25) is 5.91 Å². The molecular formula is C22H23N3O5. The number of morpholine rings is 1. The van der Waals surface area contributed by atoms with Gasteiger partial charge in [0.25, 0.3) is 5.91 Å². The lowest BCUT2D eigenvalue weighted by molar-refractivity contribution is -0.132. The predicted molar refractivity (Wildman–Crippen MR) is 112 cm³/mol. The monoisotopic (exact) mass is 409 g/mol. The van der Waals surface area contributed by atoms with Crippen LogP contribution in [0.2, 0.25) is 0 Å². The van der Waals surface area contributed by atoms with E-state index in [0.717, 1.165) is 42.6 Å². The number of hydrogen-bond acceptors (Lipinski definition) is 7. The van der Waals surface area contributed by atoms with Gasteiger partial charge in [-0.1, -0.05) is 0 Å². The van der Waals surface area contributed by atoms with Gasteiger partial charge >= 0.3 is 5.97 Å². The van der Waals surface area contributed by atoms with Crippen LogP contribution in [0, 0.1) is 0 Å². The van der Waals surface area contributed by atoms with Crippen molar-refractivity contribution in [1.82, 2.24) is 0 Å². The molecule has 2 aliphatic heterocycles. The number of esters is 1. The molecule has 8 nitrogen and oxygen atoms in total. The van der Waals surface area contributed by atoms with Crippen molar-refractivity contribution in [2.75, 3.05) is 41.4 Å². The van der Waals surface area contributed by atoms with Gasteiger partial charge in [-0.05, 0) is 48.5 Å². The molecule has 2 aromatic carbocycles. The van der Waals surface area contributed by atoms with Gasteiger partial charge in [-0.3, -0.25) is 14.4 Å². The third-order valence-corrected chi connectivity index (χ3v) is 5.09. The maximum Gasteiger partial charge on any atom is 0.308 e. The normalized spacial score (nSPS) is 19.2. The standard InChI is InChI=1S/C22H23N3O5/c1-15(26)30-19-8-6-18(7-9-19)25-21(27)14-20(22(25)28)23-16-2-4-17(5-3-16)24-10-12-29-13-11-24/h2-9,20,23H,10-14H2,1H3. The molecule has 0 radical (unpaired) electrons. The largest absolute Gasteiger partial charge is 0.427 e. The number of imide groups is 1. The van der Waals surface area contributed by atoms with Gasteiger partial charge in [-0.15, -0.1) is 0 Å². The maximum atomic E-state index is 12.8. The number of carbonyl (C=O) groups excluding carboxylic acids is 3. The van der Waals surface area contributed by atoms with Crippen LogP contribution < -0.4 is 19.9 Å². The molecule has 2 saturated heterocycles. The zero-order chi connectivity index (χ0) is 21.1. The molecule has 0 saturated carbocycles. The Balaban J connectivity index is 1.42. The molecule has 2 aliphatic rings. The van der Waals surface area contributed by atoms with E-state index in [4.69, 9.17) is 9.47 Å². The maximum absolute atomic E-state index is 12.8. The molecule has 1 unspecified atom stereocenters. The van der Waals surface area contributed by atoms with Crippen molar-refractivity contribution in [3.8, 4) is 5.75 Å². The molecule has 2 heterocycles. The summed E-state index contributed by atoms with van der Waals surface area (Å²) >= 11 is 0. The lowest BCUT2D eigenvalue weighted by Crippen LogP contribution is -2.36. The summed E-state index contributed by atoms with van der Waals surface area (Å²) in [5, 5.41) is 3.16. The van der Waals surface area contributed by atoms with Gasteiger partial charge in [-0.2, -0.15) is 0 Å². The molecule has 2 aromatic rings. The SMILES string of the molecule is CC(=O)Oc1ccc(N2C(=O)CC(Nc3ccc(N4CCOCC4)cc3)C2=O)cc1. The van der Waals surface area contributed by atoms with Gasteiger partial charge < -0.3 is 19.7 Å². The highest BCUT2D eigenvalue weighted by Crippen LogP contribution is 2.27. The summed E-state index contributed by atoms with van der Waals surface area (Å²) in [6.07, 6.45) is 0.0791. The van der Waals surface area contributed by atoms with E-state index >= 15 is 0 Å². The number of nitrogens with zero attached hydrogens (tertiary/aromatic N) is 2. The van der Waals surface area contributed by atoms with Crippen molar-refractivity contribution in [3.05, 3.63) is 48.5 Å². The fourth-order valence-corrected chi connectivity index (χ4v) is 3.64. The molecule has 0 aromatic heterocycles. The summed E-state index contributed by atoms with van der Waals surface area (Å²) in [7, 11) is 0. The molecule has 8 heteroatoms. The third-order valence-electron chi connectivity index (χ3n) is 5.09. The van der Waals surface area contributed by atoms with Crippen molar-refractivity contribution in [3.63, 3.8) is 0 Å². The number of amides is 2. The summed E-state index contributed by atoms with van der Waals surface area (Å²) in [4.78, 5) is 39.7. The average molecular weight is 409 g/mol. The lowest BCUT2D eigenvalue weighted by atomic mass is 10.2. The van der Waals surface area contributed by atoms with Crippen molar-refractivity contribution in [1.29, 1.82) is 0 Å². The van der Waals surface area contributed by atoms with E-state index in [-0.39, 0.29) is 18.2 Å². The Kier molecular flexibility index (Phi) is 5.67. The first kappa shape index (κ1) is 19.9. The highest BCUT2D eigenvalue weighted by molar-refractivity contribution is 6.23. The second-order valence-electron chi connectivity index (χ2n) is 7.20. The fraction of sp³-hybridized carbons (Fsp3) is 0.318. The molecule has 2 amide bonds. The molecule has 2 fully saturated rings. The molecule has 4 rings (SSSR count). The fourth-order valence-electron chi connectivity index (χ4n) is 3.64. The van der Waals surface area contributed by atoms with Gasteiger partial charge in [-0.25, -0.2) is 4.90 Å². The van der Waals surface area contributed by atoms with E-state index in [2.05, 4.69) is 10.2 Å². The number of nitrogens with one attached hydrogen (secondary N) is 1. The van der Waals surface area contributed by atoms with E-state index in [1.165, 1.54) is 6.92 Å². The van der Waals surface area contributed by atoms with Crippen LogP contribution in [0.15, 0.2) is 48.5 Å². The molecular weight excluding hydrogens is 386 g/mol. The van der Waals surface area contributed by atoms with Crippen molar-refractivity contribution in [2.24, 2.45) is 0 Å². The van der Waals surface area contributed by atoms with Crippen LogP contribution >= 0.6 is 0 Å². The second kappa shape index (κ2) is 8.54. The van der Waals surface area contributed by atoms with Gasteiger partial charge in [0, 0.05) is 31.4 Å². The number of rotatable bonds is 5. The Morgan fingerprint density at radius 2 is 1.63 bits per heavy atom. The minimum atomic E-state index is -0.625. The summed E-state index contributed by atoms with van der Waals surface area (Å²) in [5.74, 6) is -0.652. The first-order chi connectivity index (χ1) is 14.5. The van der Waals surface area contributed by atoms with Crippen LogP contribution in [0.25, 0.3) is 0 Å². The van der Waals surface area contributed by atoms with E-state index in [0.29, 0.717) is 11.4 Å². The van der Waals surface area contributed by atoms with Gasteiger partial charge in [0.1, 0.15) is 11.8 Å². The van der Waals surface area contributed by atoms with Crippen molar-refractivity contribution < 1.29 is 23.9 Å². The Morgan fingerprint density at radius 3 is 2.27 bits per heavy atom. The zero-order valence-corrected chi connectivity index (χ0v) is 16.7. The third kappa shape index (κ3) is 4.28. The summed E-state index contributed by atoms with van der Waals surface area (Å²) in [6.45, 7) is 4.46. The molecule has 1 atom stereocenters. The van der Waals surface area contributed by atoms with Crippen LogP contribution in [0.1, 0.15) is 13.3 Å². The summed E-state index contributed by atoms with van der Waals surface area (Å²) in [5.41, 5.74) is 2.34. The number of ether oxygens (including phenoxy) is 2. The summed E-state index contributed by atoms with van der Waals surface area (Å²) < 4.78 is 10.4. The van der Waals surface area contributed by atoms with E-state index in [1.54, 1.807) is 24.3 Å². The first-order valence-corrected chi connectivity index (χ1v) is 9.86. The van der Waals surface area contributed by atoms with Crippen LogP contribution in [0.3, 0.4) is 0 Å². The molecule has 0 bridgehead atoms. The smallest absolute Gasteiger partial charge is 0.308 e. The van der Waals surface area contributed by atoms with Gasteiger partial charge in [0.15, 0.2) is 0 Å². The highest BCUT2D eigenvalue weighted by Gasteiger charge is 2.39. The highest BCUT2D eigenvalue weighted by atomic mass is 16.5. The predicted octanol–water partition coefficient (Wildman–Crippen LogP) is 2.19. The molecule has 156 valence electrons. The number of benzene rings is 2. The van der Waals surface area contributed by atoms with Crippen molar-refractivity contribution >= 4 is 34.8 Å². The number of hydrogen-bond donors (Lipinski definition) is 1. The zero-order valence-electron chi connectivity index (χ0n) is 16.7. The second-order valence-corrected chi connectivity index (χ2v) is 7.20. The summed E-state index contributed by atoms with van der Waals surface area (Å²) in [6, 6.07) is 13.5. The minimum Gasteiger partial charge on any atom is -0.427 e. The van der Waals surface area contributed by atoms with Crippen molar-refractivity contribution in [2.45, 2.75) is 19.4 Å². The Labute approximate surface area is 174 Å². The number of carbonyl (C=O) groups is 3. The van der Waals surface area contributed by atoms with E-state index in [1.807, 2.05) is 24.3 Å².